The Morgan fingerprint density at radius 2 is 2.04 bits per heavy atom. The molecule has 0 atom stereocenters. The van der Waals surface area contributed by atoms with Crippen molar-refractivity contribution in [3.05, 3.63) is 63.7 Å². The molecule has 0 saturated heterocycles. The molecule has 0 bridgehead atoms. The van der Waals surface area contributed by atoms with Crippen molar-refractivity contribution in [1.29, 1.82) is 0 Å². The van der Waals surface area contributed by atoms with Crippen molar-refractivity contribution in [3.8, 4) is 0 Å². The zero-order valence-corrected chi connectivity index (χ0v) is 14.4. The average molecular weight is 394 g/mol. The van der Waals surface area contributed by atoms with Crippen molar-refractivity contribution in [2.24, 2.45) is 7.05 Å². The number of hydrogen-bond acceptors (Lipinski definition) is 4. The lowest BCUT2D eigenvalue weighted by Crippen LogP contribution is -2.20. The Bertz CT molecular complexity index is 1030. The van der Waals surface area contributed by atoms with Crippen LogP contribution in [0.15, 0.2) is 63.1 Å². The number of halogens is 1. The summed E-state index contributed by atoms with van der Waals surface area (Å²) in [5.41, 5.74) is 0.0437. The van der Waals surface area contributed by atoms with Crippen LogP contribution in [0.1, 0.15) is 0 Å². The normalized spacial score (nSPS) is 11.6. The first-order valence-corrected chi connectivity index (χ1v) is 8.88. The fraction of sp³-hybridized carbons (Fsp3) is 0.0667. The minimum atomic E-state index is -3.81. The highest BCUT2D eigenvalue weighted by molar-refractivity contribution is 9.10. The lowest BCUT2D eigenvalue weighted by Gasteiger charge is -2.11. The molecule has 0 unspecified atom stereocenters. The van der Waals surface area contributed by atoms with Crippen LogP contribution in [-0.2, 0) is 17.1 Å². The Hall–Kier alpha value is -2.19. The predicted octanol–water partition coefficient (Wildman–Crippen LogP) is 2.50. The molecule has 0 aliphatic heterocycles. The van der Waals surface area contributed by atoms with Gasteiger partial charge in [-0.3, -0.25) is 14.5 Å². The molecule has 0 amide bonds. The number of aryl methyl sites for hydroxylation is 1. The average Bonchev–Trinajstić information content (AvgIpc) is 2.51. The maximum Gasteiger partial charge on any atom is 0.264 e. The van der Waals surface area contributed by atoms with E-state index in [0.717, 1.165) is 5.39 Å². The highest BCUT2D eigenvalue weighted by atomic mass is 79.9. The summed E-state index contributed by atoms with van der Waals surface area (Å²) in [7, 11) is -2.26. The second-order valence-electron chi connectivity index (χ2n) is 4.95. The number of rotatable bonds is 3. The molecule has 118 valence electrons. The quantitative estimate of drug-likeness (QED) is 0.740. The summed E-state index contributed by atoms with van der Waals surface area (Å²) in [6, 6.07) is 8.19. The van der Waals surface area contributed by atoms with Gasteiger partial charge in [0.15, 0.2) is 0 Å². The van der Waals surface area contributed by atoms with Crippen molar-refractivity contribution >= 4 is 42.4 Å². The second-order valence-corrected chi connectivity index (χ2v) is 7.46. The van der Waals surface area contributed by atoms with Crippen LogP contribution in [0.5, 0.6) is 0 Å². The van der Waals surface area contributed by atoms with Gasteiger partial charge >= 0.3 is 0 Å². The number of anilines is 1. The van der Waals surface area contributed by atoms with E-state index in [4.69, 9.17) is 0 Å². The number of benzene rings is 1. The summed E-state index contributed by atoms with van der Waals surface area (Å²) in [6.45, 7) is 0. The van der Waals surface area contributed by atoms with Crippen LogP contribution in [0.4, 0.5) is 5.69 Å². The van der Waals surface area contributed by atoms with Gasteiger partial charge in [0.05, 0.1) is 15.1 Å². The Morgan fingerprint density at radius 3 is 2.78 bits per heavy atom. The van der Waals surface area contributed by atoms with E-state index in [1.807, 2.05) is 6.07 Å². The van der Waals surface area contributed by atoms with Gasteiger partial charge in [-0.1, -0.05) is 12.1 Å². The number of sulfonamides is 1. The first-order valence-electron chi connectivity index (χ1n) is 6.60. The van der Waals surface area contributed by atoms with Gasteiger partial charge in [-0.05, 0) is 39.5 Å². The van der Waals surface area contributed by atoms with Gasteiger partial charge < -0.3 is 4.57 Å². The van der Waals surface area contributed by atoms with Crippen molar-refractivity contribution in [1.82, 2.24) is 9.55 Å². The molecule has 0 spiro atoms. The van der Waals surface area contributed by atoms with Crippen LogP contribution in [0.2, 0.25) is 0 Å². The molecule has 6 nitrogen and oxygen atoms in total. The summed E-state index contributed by atoms with van der Waals surface area (Å²) >= 11 is 3.12. The number of pyridine rings is 2. The molecule has 1 aromatic carbocycles. The maximum absolute atomic E-state index is 12.7. The lowest BCUT2D eigenvalue weighted by atomic mass is 10.2. The topological polar surface area (TPSA) is 81.1 Å². The largest absolute Gasteiger partial charge is 0.316 e. The molecule has 2 aromatic heterocycles. The van der Waals surface area contributed by atoms with Crippen molar-refractivity contribution in [2.75, 3.05) is 4.72 Å². The highest BCUT2D eigenvalue weighted by Gasteiger charge is 2.18. The zero-order valence-electron chi connectivity index (χ0n) is 12.0. The number of nitrogens with zero attached hydrogens (tertiary/aromatic N) is 2. The molecule has 8 heteroatoms. The number of nitrogens with one attached hydrogen (secondary N) is 1. The standard InChI is InChI=1S/C15H12BrN3O3S/c1-19-9-11(7-13(16)15(19)20)18-23(21,22)14-4-2-3-10-5-6-17-8-12(10)14/h2-9,18H,1H3. The SMILES string of the molecule is Cn1cc(NS(=O)(=O)c2cccc3ccncc23)cc(Br)c1=O. The Labute approximate surface area is 141 Å². The molecule has 0 fully saturated rings. The molecule has 0 aliphatic rings. The number of fused-ring (bicyclic) bond motifs is 1. The predicted molar refractivity (Wildman–Crippen MR) is 91.9 cm³/mol. The first kappa shape index (κ1) is 15.7. The van der Waals surface area contributed by atoms with Crippen LogP contribution >= 0.6 is 15.9 Å². The van der Waals surface area contributed by atoms with Crippen LogP contribution in [0, 0.1) is 0 Å². The van der Waals surface area contributed by atoms with Crippen LogP contribution in [0.25, 0.3) is 10.8 Å². The van der Waals surface area contributed by atoms with Crippen LogP contribution < -0.4 is 10.3 Å². The molecular formula is C15H12BrN3O3S. The molecule has 2 heterocycles. The maximum atomic E-state index is 12.7. The minimum Gasteiger partial charge on any atom is -0.316 e. The molecule has 3 rings (SSSR count). The van der Waals surface area contributed by atoms with Crippen LogP contribution in [0.3, 0.4) is 0 Å². The van der Waals surface area contributed by atoms with Crippen molar-refractivity contribution in [3.63, 3.8) is 0 Å². The van der Waals surface area contributed by atoms with Gasteiger partial charge in [-0.15, -0.1) is 0 Å². The highest BCUT2D eigenvalue weighted by Crippen LogP contribution is 2.24. The molecule has 0 radical (unpaired) electrons. The van der Waals surface area contributed by atoms with Crippen LogP contribution in [-0.4, -0.2) is 18.0 Å². The van der Waals surface area contributed by atoms with Gasteiger partial charge in [0.25, 0.3) is 15.6 Å². The summed E-state index contributed by atoms with van der Waals surface area (Å²) in [5.74, 6) is 0. The smallest absolute Gasteiger partial charge is 0.264 e. The molecular weight excluding hydrogens is 382 g/mol. The van der Waals surface area contributed by atoms with Gasteiger partial charge in [0.2, 0.25) is 0 Å². The summed E-state index contributed by atoms with van der Waals surface area (Å²) in [5, 5.41) is 1.32. The monoisotopic (exact) mass is 393 g/mol. The fourth-order valence-corrected chi connectivity index (χ4v) is 4.03. The van der Waals surface area contributed by atoms with E-state index in [9.17, 15) is 13.2 Å². The van der Waals surface area contributed by atoms with E-state index in [0.29, 0.717) is 11.1 Å². The van der Waals surface area contributed by atoms with Gasteiger partial charge in [-0.2, -0.15) is 0 Å². The van der Waals surface area contributed by atoms with E-state index in [2.05, 4.69) is 25.6 Å². The van der Waals surface area contributed by atoms with E-state index in [-0.39, 0.29) is 14.9 Å². The lowest BCUT2D eigenvalue weighted by molar-refractivity contribution is 0.602. The summed E-state index contributed by atoms with van der Waals surface area (Å²) < 4.78 is 29.4. The molecule has 23 heavy (non-hydrogen) atoms. The second kappa shape index (κ2) is 5.78. The Kier molecular flexibility index (Phi) is 3.95. The third kappa shape index (κ3) is 2.99. The summed E-state index contributed by atoms with van der Waals surface area (Å²) in [6.07, 6.45) is 4.55. The summed E-state index contributed by atoms with van der Waals surface area (Å²) in [4.78, 5) is 15.8. The fourth-order valence-electron chi connectivity index (χ4n) is 2.26. The Morgan fingerprint density at radius 1 is 1.26 bits per heavy atom. The molecule has 0 aliphatic carbocycles. The minimum absolute atomic E-state index is 0.132. The Balaban J connectivity index is 2.10. The zero-order chi connectivity index (χ0) is 16.6. The number of aromatic nitrogens is 2. The van der Waals surface area contributed by atoms with E-state index in [1.54, 1.807) is 25.4 Å². The van der Waals surface area contributed by atoms with E-state index < -0.39 is 10.0 Å². The molecule has 3 aromatic rings. The van der Waals surface area contributed by atoms with Gasteiger partial charge in [0.1, 0.15) is 0 Å². The van der Waals surface area contributed by atoms with Gasteiger partial charge in [-0.25, -0.2) is 8.42 Å². The first-order chi connectivity index (χ1) is 10.9. The third-order valence-electron chi connectivity index (χ3n) is 3.32. The van der Waals surface area contributed by atoms with Crippen molar-refractivity contribution < 1.29 is 8.42 Å². The van der Waals surface area contributed by atoms with E-state index in [1.165, 1.54) is 29.1 Å². The van der Waals surface area contributed by atoms with Gasteiger partial charge in [0, 0.05) is 31.0 Å². The third-order valence-corrected chi connectivity index (χ3v) is 5.33. The van der Waals surface area contributed by atoms with E-state index >= 15 is 0 Å². The van der Waals surface area contributed by atoms with Crippen molar-refractivity contribution in [2.45, 2.75) is 4.90 Å². The molecule has 1 N–H and O–H groups in total. The molecule has 0 saturated carbocycles. The number of hydrogen-bond donors (Lipinski definition) is 1.